The molecule has 0 aliphatic heterocycles. The number of pyridine rings is 2. The van der Waals surface area contributed by atoms with E-state index in [2.05, 4.69) is 65.3 Å². The van der Waals surface area contributed by atoms with Gasteiger partial charge in [0.25, 0.3) is 5.91 Å². The van der Waals surface area contributed by atoms with Crippen molar-refractivity contribution in [2.45, 2.75) is 51.5 Å². The second-order valence-electron chi connectivity index (χ2n) is 9.73. The predicted molar refractivity (Wildman–Crippen MR) is 170 cm³/mol. The first-order valence-electron chi connectivity index (χ1n) is 13.4. The van der Waals surface area contributed by atoms with Gasteiger partial charge in [-0.15, -0.1) is 0 Å². The third-order valence-corrected chi connectivity index (χ3v) is 8.29. The van der Waals surface area contributed by atoms with E-state index >= 15 is 0 Å². The molecule has 14 heteroatoms. The molecule has 2 aliphatic carbocycles. The Morgan fingerprint density at radius 3 is 2.14 bits per heavy atom. The van der Waals surface area contributed by atoms with Gasteiger partial charge in [0.1, 0.15) is 0 Å². The standard InChI is InChI=1S/C15H14IN3O3.C13H14IN5O/c1-2-22-15(21)14-13-10(4-3-5-11(13)20)19(18-14)12-8-9(16)6-7-17-12;14-7-4-5-17-10(6-7)19-9-3-1-2-8(15)11(9)12(18-19)13(16)20/h6-8H,2-5H2,1H3;4-6,8H,1-3,15H2,(H2,16,20). The first-order valence-corrected chi connectivity index (χ1v) is 15.6. The monoisotopic (exact) mass is 794 g/mol. The molecule has 0 bridgehead atoms. The lowest BCUT2D eigenvalue weighted by atomic mass is 9.91. The van der Waals surface area contributed by atoms with Crippen molar-refractivity contribution in [3.8, 4) is 11.6 Å². The van der Waals surface area contributed by atoms with E-state index in [4.69, 9.17) is 16.2 Å². The zero-order valence-corrected chi connectivity index (χ0v) is 27.0. The molecule has 0 aromatic carbocycles. The van der Waals surface area contributed by atoms with E-state index < -0.39 is 11.9 Å². The largest absolute Gasteiger partial charge is 0.461 e. The lowest BCUT2D eigenvalue weighted by Crippen LogP contribution is -2.22. The van der Waals surface area contributed by atoms with E-state index in [0.717, 1.165) is 49.8 Å². The molecule has 0 radical (unpaired) electrons. The number of ketones is 1. The number of amides is 1. The summed E-state index contributed by atoms with van der Waals surface area (Å²) in [5.41, 5.74) is 14.8. The van der Waals surface area contributed by atoms with Crippen LogP contribution in [0.25, 0.3) is 11.6 Å². The topological polar surface area (TPSA) is 174 Å². The summed E-state index contributed by atoms with van der Waals surface area (Å²) in [6, 6.07) is 7.37. The van der Waals surface area contributed by atoms with Crippen LogP contribution in [-0.4, -0.2) is 53.8 Å². The van der Waals surface area contributed by atoms with Crippen LogP contribution >= 0.6 is 45.2 Å². The van der Waals surface area contributed by atoms with Crippen LogP contribution in [0.2, 0.25) is 0 Å². The van der Waals surface area contributed by atoms with Crippen LogP contribution in [0.3, 0.4) is 0 Å². The first-order chi connectivity index (χ1) is 20.2. The van der Waals surface area contributed by atoms with Gasteiger partial charge >= 0.3 is 5.97 Å². The molecule has 6 rings (SSSR count). The number of hydrogen-bond donors (Lipinski definition) is 2. The highest BCUT2D eigenvalue weighted by molar-refractivity contribution is 14.1. The fourth-order valence-corrected chi connectivity index (χ4v) is 6.05. The molecule has 1 atom stereocenters. The average molecular weight is 794 g/mol. The molecule has 218 valence electrons. The summed E-state index contributed by atoms with van der Waals surface area (Å²) in [7, 11) is 0. The Labute approximate surface area is 268 Å². The minimum atomic E-state index is -0.557. The van der Waals surface area contributed by atoms with Crippen LogP contribution in [-0.2, 0) is 17.6 Å². The zero-order valence-electron chi connectivity index (χ0n) is 22.7. The molecule has 42 heavy (non-hydrogen) atoms. The van der Waals surface area contributed by atoms with Gasteiger partial charge in [0.2, 0.25) is 0 Å². The Kier molecular flexibility index (Phi) is 9.32. The van der Waals surface area contributed by atoms with Gasteiger partial charge in [0, 0.05) is 37.6 Å². The molecule has 0 saturated carbocycles. The molecule has 4 N–H and O–H groups in total. The highest BCUT2D eigenvalue weighted by atomic mass is 127. The lowest BCUT2D eigenvalue weighted by molar-refractivity contribution is 0.0515. The maximum absolute atomic E-state index is 12.2. The minimum absolute atomic E-state index is 0.0545. The average Bonchev–Trinajstić information content (AvgIpc) is 3.55. The Bertz CT molecular complexity index is 1680. The van der Waals surface area contributed by atoms with Crippen molar-refractivity contribution in [3.05, 3.63) is 77.7 Å². The van der Waals surface area contributed by atoms with Crippen LogP contribution in [0, 0.1) is 7.14 Å². The number of nitrogens with two attached hydrogens (primary N) is 2. The van der Waals surface area contributed by atoms with E-state index in [-0.39, 0.29) is 29.8 Å². The molecule has 4 aromatic rings. The number of carbonyl (C=O) groups is 3. The number of ether oxygens (including phenoxy) is 1. The Morgan fingerprint density at radius 1 is 0.952 bits per heavy atom. The number of esters is 1. The second-order valence-corrected chi connectivity index (χ2v) is 12.2. The molecule has 4 aromatic heterocycles. The van der Waals surface area contributed by atoms with Crippen LogP contribution < -0.4 is 11.5 Å². The molecule has 0 spiro atoms. The van der Waals surface area contributed by atoms with E-state index in [1.54, 1.807) is 28.7 Å². The number of aromatic nitrogens is 6. The highest BCUT2D eigenvalue weighted by Crippen LogP contribution is 2.32. The van der Waals surface area contributed by atoms with Gasteiger partial charge in [0.15, 0.2) is 28.8 Å². The van der Waals surface area contributed by atoms with Crippen LogP contribution in [0.15, 0.2) is 36.7 Å². The van der Waals surface area contributed by atoms with Crippen LogP contribution in [0.5, 0.6) is 0 Å². The molecule has 2 aliphatic rings. The molecule has 1 unspecified atom stereocenters. The van der Waals surface area contributed by atoms with Crippen LogP contribution in [0.1, 0.15) is 86.9 Å². The highest BCUT2D eigenvalue weighted by Gasteiger charge is 2.32. The molecule has 0 fully saturated rings. The Morgan fingerprint density at radius 2 is 1.55 bits per heavy atom. The number of nitrogens with zero attached hydrogens (tertiary/aromatic N) is 6. The number of carbonyl (C=O) groups excluding carboxylic acids is 3. The second kappa shape index (κ2) is 12.9. The smallest absolute Gasteiger partial charge is 0.359 e. The summed E-state index contributed by atoms with van der Waals surface area (Å²) in [4.78, 5) is 44.6. The van der Waals surface area contributed by atoms with Gasteiger partial charge < -0.3 is 16.2 Å². The number of Topliss-reactive ketones (excluding diaryl/α,β-unsaturated/α-hetero) is 1. The maximum atomic E-state index is 12.2. The van der Waals surface area contributed by atoms with Crippen LogP contribution in [0.4, 0.5) is 0 Å². The summed E-state index contributed by atoms with van der Waals surface area (Å²) >= 11 is 4.40. The van der Waals surface area contributed by atoms with E-state index in [1.807, 2.05) is 24.3 Å². The van der Waals surface area contributed by atoms with Gasteiger partial charge in [-0.25, -0.2) is 24.1 Å². The maximum Gasteiger partial charge on any atom is 0.359 e. The number of hydrogen-bond acceptors (Lipinski definition) is 9. The lowest BCUT2D eigenvalue weighted by Gasteiger charge is -2.19. The van der Waals surface area contributed by atoms with Gasteiger partial charge in [0.05, 0.1) is 23.6 Å². The molecule has 1 amide bonds. The molecular formula is C28H28I2N8O4. The van der Waals surface area contributed by atoms with Crippen molar-refractivity contribution in [1.82, 2.24) is 29.5 Å². The van der Waals surface area contributed by atoms with Gasteiger partial charge in [-0.2, -0.15) is 10.2 Å². The van der Waals surface area contributed by atoms with E-state index in [1.165, 1.54) is 0 Å². The van der Waals surface area contributed by atoms with Crippen molar-refractivity contribution in [3.63, 3.8) is 0 Å². The van der Waals surface area contributed by atoms with E-state index in [9.17, 15) is 14.4 Å². The Hall–Kier alpha value is -3.25. The molecule has 0 saturated heterocycles. The van der Waals surface area contributed by atoms with Crippen molar-refractivity contribution < 1.29 is 19.1 Å². The summed E-state index contributed by atoms with van der Waals surface area (Å²) in [6.45, 7) is 1.97. The third kappa shape index (κ3) is 6.10. The molecule has 12 nitrogen and oxygen atoms in total. The fraction of sp³-hybridized carbons (Fsp3) is 0.321. The summed E-state index contributed by atoms with van der Waals surface area (Å²) in [5.74, 6) is 0.144. The summed E-state index contributed by atoms with van der Waals surface area (Å²) in [6.07, 6.45) is 7.93. The van der Waals surface area contributed by atoms with Crippen molar-refractivity contribution >= 4 is 62.8 Å². The predicted octanol–water partition coefficient (Wildman–Crippen LogP) is 3.87. The van der Waals surface area contributed by atoms with Gasteiger partial charge in [-0.1, -0.05) is 0 Å². The number of primary amides is 1. The SMILES string of the molecule is CCOC(=O)c1nn(-c2cc(I)ccn2)c2c1C(=O)CCC2.NC(=O)c1nn(-c2cc(I)ccn2)c2c1C(N)CCC2. The van der Waals surface area contributed by atoms with Gasteiger partial charge in [-0.05, 0) is 108 Å². The van der Waals surface area contributed by atoms with Crippen molar-refractivity contribution in [2.24, 2.45) is 11.5 Å². The number of halogens is 2. The van der Waals surface area contributed by atoms with Crippen molar-refractivity contribution in [2.75, 3.05) is 6.61 Å². The van der Waals surface area contributed by atoms with E-state index in [0.29, 0.717) is 30.0 Å². The zero-order chi connectivity index (χ0) is 30.0. The Balaban J connectivity index is 0.000000169. The van der Waals surface area contributed by atoms with Gasteiger partial charge in [-0.3, -0.25) is 9.59 Å². The third-order valence-electron chi connectivity index (χ3n) is 6.95. The fourth-order valence-electron chi connectivity index (χ4n) is 5.17. The first kappa shape index (κ1) is 30.2. The minimum Gasteiger partial charge on any atom is -0.461 e. The number of rotatable bonds is 5. The number of fused-ring (bicyclic) bond motifs is 2. The van der Waals surface area contributed by atoms with Crippen molar-refractivity contribution in [1.29, 1.82) is 0 Å². The summed E-state index contributed by atoms with van der Waals surface area (Å²) in [5, 5.41) is 8.68. The molecule has 4 heterocycles. The normalized spacial score (nSPS) is 15.7. The summed E-state index contributed by atoms with van der Waals surface area (Å²) < 4.78 is 10.4. The molecular weight excluding hydrogens is 766 g/mol. The quantitative estimate of drug-likeness (QED) is 0.225.